The van der Waals surface area contributed by atoms with Crippen LogP contribution in [-0.2, 0) is 35.7 Å². The van der Waals surface area contributed by atoms with E-state index in [1.165, 1.54) is 22.7 Å². The van der Waals surface area contributed by atoms with E-state index in [-0.39, 0.29) is 55.4 Å². The molecular weight excluding hydrogens is 769 g/mol. The summed E-state index contributed by atoms with van der Waals surface area (Å²) in [5, 5.41) is 5.39. The van der Waals surface area contributed by atoms with E-state index >= 15 is 0 Å². The summed E-state index contributed by atoms with van der Waals surface area (Å²) < 4.78 is 47.3. The number of amides is 4. The van der Waals surface area contributed by atoms with Crippen LogP contribution in [0.15, 0.2) is 47.8 Å². The highest BCUT2D eigenvalue weighted by atomic mass is 32.2. The lowest BCUT2D eigenvalue weighted by molar-refractivity contribution is -0.142. The molecule has 312 valence electrons. The molecule has 58 heavy (non-hydrogen) atoms. The maximum atomic E-state index is 14.9. The third-order valence-corrected chi connectivity index (χ3v) is 14.7. The van der Waals surface area contributed by atoms with E-state index in [9.17, 15) is 32.4 Å². The molecule has 0 spiro atoms. The molecule has 16 nitrogen and oxygen atoms in total. The SMILES string of the molecule is C=C[C@@H]1C[C@]1(NC(=O)[C@@H]1C[C@@H]2CN1C(=O)[C@H](C1CCCC1)NC(=O)O[C@@H]1CCC[C@H]1CCC=CCn1c(nc3c(OC)cccc3c1=O)O2)C(=O)NS(=O)(=O)C1CC1. The highest BCUT2D eigenvalue weighted by Gasteiger charge is 2.62. The van der Waals surface area contributed by atoms with Crippen molar-refractivity contribution in [3.05, 3.63) is 53.4 Å². The third kappa shape index (κ3) is 7.81. The van der Waals surface area contributed by atoms with Crippen LogP contribution in [-0.4, -0.2) is 95.4 Å². The third-order valence-electron chi connectivity index (χ3n) is 12.9. The fourth-order valence-corrected chi connectivity index (χ4v) is 10.8. The summed E-state index contributed by atoms with van der Waals surface area (Å²) in [5.41, 5.74) is -1.65. The summed E-state index contributed by atoms with van der Waals surface area (Å²) in [5.74, 6) is -2.31. The lowest BCUT2D eigenvalue weighted by Crippen LogP contribution is -2.59. The molecule has 8 rings (SSSR count). The number of fused-ring (bicyclic) bond motifs is 5. The lowest BCUT2D eigenvalue weighted by atomic mass is 9.96. The summed E-state index contributed by atoms with van der Waals surface area (Å²) in [6.45, 7) is 3.82. The highest BCUT2D eigenvalue weighted by molar-refractivity contribution is 7.91. The van der Waals surface area contributed by atoms with Gasteiger partial charge in [-0.25, -0.2) is 13.2 Å². The Morgan fingerprint density at radius 3 is 2.52 bits per heavy atom. The van der Waals surface area contributed by atoms with Crippen molar-refractivity contribution >= 4 is 44.7 Å². The molecule has 1 aromatic carbocycles. The van der Waals surface area contributed by atoms with E-state index in [0.29, 0.717) is 55.2 Å². The van der Waals surface area contributed by atoms with Crippen LogP contribution in [0.5, 0.6) is 11.8 Å². The van der Waals surface area contributed by atoms with Crippen molar-refractivity contribution < 1.29 is 41.8 Å². The Kier molecular flexibility index (Phi) is 11.0. The van der Waals surface area contributed by atoms with Gasteiger partial charge in [0, 0.05) is 18.9 Å². The summed E-state index contributed by atoms with van der Waals surface area (Å²) >= 11 is 0. The Labute approximate surface area is 337 Å². The Morgan fingerprint density at radius 1 is 1.02 bits per heavy atom. The molecule has 3 N–H and O–H groups in total. The first kappa shape index (κ1) is 39.9. The number of carbonyl (C=O) groups is 4. The summed E-state index contributed by atoms with van der Waals surface area (Å²) in [4.78, 5) is 76.9. The standard InChI is InChI=1S/C41H52N6O10S/c1-3-26-22-41(26,38(51)45-58(53,54)28-18-19-28)44-35(48)30-21-27-23-47(30)37(50)33(25-12-6-7-13-25)43-40(52)57-31-16-9-14-24(31)11-5-4-8-20-46-36(49)29-15-10-17-32(55-2)34(29)42-39(46)56-27/h3-4,8,10,15,17,24-28,30-31,33H,1,5-7,9,11-14,16,18-23H2,2H3,(H,43,52)(H,44,48)(H,45,51)/t24-,26-,27-,30+,31-,33+,41-/m1/s1. The van der Waals surface area contributed by atoms with Crippen LogP contribution in [0.1, 0.15) is 83.5 Å². The zero-order chi connectivity index (χ0) is 40.8. The number of rotatable bonds is 8. The van der Waals surface area contributed by atoms with E-state index in [1.54, 1.807) is 18.2 Å². The van der Waals surface area contributed by atoms with Gasteiger partial charge in [0.15, 0.2) is 0 Å². The number of sulfonamides is 1. The zero-order valence-corrected chi connectivity index (χ0v) is 33.5. The van der Waals surface area contributed by atoms with Crippen LogP contribution in [0.3, 0.4) is 0 Å². The van der Waals surface area contributed by atoms with Crippen LogP contribution < -0.4 is 30.4 Å². The molecule has 2 bridgehead atoms. The van der Waals surface area contributed by atoms with Crippen LogP contribution in [0, 0.1) is 17.8 Å². The van der Waals surface area contributed by atoms with Gasteiger partial charge in [0.2, 0.25) is 21.8 Å². The van der Waals surface area contributed by atoms with Gasteiger partial charge < -0.3 is 29.7 Å². The van der Waals surface area contributed by atoms with Crippen LogP contribution in [0.4, 0.5) is 4.79 Å². The molecule has 2 aliphatic heterocycles. The van der Waals surface area contributed by atoms with Gasteiger partial charge in [0.1, 0.15) is 41.1 Å². The first-order chi connectivity index (χ1) is 27.9. The number of alkyl carbamates (subject to hydrolysis) is 1. The molecule has 4 saturated carbocycles. The first-order valence-corrected chi connectivity index (χ1v) is 22.1. The van der Waals surface area contributed by atoms with Crippen molar-refractivity contribution in [3.63, 3.8) is 0 Å². The number of nitrogens with one attached hydrogen (secondary N) is 3. The lowest BCUT2D eigenvalue weighted by Gasteiger charge is -2.32. The van der Waals surface area contributed by atoms with Crippen LogP contribution >= 0.6 is 0 Å². The van der Waals surface area contributed by atoms with E-state index in [2.05, 4.69) is 21.9 Å². The molecule has 2 aromatic rings. The number of methoxy groups -OCH3 is 1. The zero-order valence-electron chi connectivity index (χ0n) is 32.7. The van der Waals surface area contributed by atoms with Gasteiger partial charge in [0.05, 0.1) is 24.3 Å². The number of hydrogen-bond acceptors (Lipinski definition) is 11. The number of hydrogen-bond donors (Lipinski definition) is 3. The Hall–Kier alpha value is -4.93. The Morgan fingerprint density at radius 2 is 1.79 bits per heavy atom. The number of benzene rings is 1. The van der Waals surface area contributed by atoms with Crippen LogP contribution in [0.2, 0.25) is 0 Å². The molecule has 0 radical (unpaired) electrons. The maximum absolute atomic E-state index is 14.9. The molecule has 6 aliphatic rings. The predicted molar refractivity (Wildman–Crippen MR) is 211 cm³/mol. The van der Waals surface area contributed by atoms with Gasteiger partial charge in [-0.1, -0.05) is 37.1 Å². The predicted octanol–water partition coefficient (Wildman–Crippen LogP) is 3.23. The van der Waals surface area contributed by atoms with E-state index < -0.39 is 68.7 Å². The van der Waals surface area contributed by atoms with Crippen molar-refractivity contribution in [1.82, 2.24) is 29.8 Å². The van der Waals surface area contributed by atoms with Gasteiger partial charge >= 0.3 is 12.1 Å². The topological polar surface area (TPSA) is 204 Å². The molecule has 0 unspecified atom stereocenters. The van der Waals surface area contributed by atoms with Crippen LogP contribution in [0.25, 0.3) is 10.9 Å². The second-order valence-corrected chi connectivity index (χ2v) is 18.6. The summed E-state index contributed by atoms with van der Waals surface area (Å²) in [6.07, 6.45) is 11.6. The van der Waals surface area contributed by atoms with Gasteiger partial charge in [-0.15, -0.1) is 6.58 Å². The Bertz CT molecular complexity index is 2180. The van der Waals surface area contributed by atoms with Gasteiger partial charge in [-0.2, -0.15) is 4.98 Å². The Balaban J connectivity index is 1.16. The van der Waals surface area contributed by atoms with Crippen molar-refractivity contribution in [2.75, 3.05) is 13.7 Å². The average molecular weight is 821 g/mol. The normalized spacial score (nSPS) is 30.5. The summed E-state index contributed by atoms with van der Waals surface area (Å²) in [7, 11) is -2.45. The molecule has 3 heterocycles. The smallest absolute Gasteiger partial charge is 0.408 e. The number of allylic oxidation sites excluding steroid dienone is 2. The molecule has 7 atom stereocenters. The minimum Gasteiger partial charge on any atom is -0.494 e. The van der Waals surface area contributed by atoms with E-state index in [0.717, 1.165) is 32.1 Å². The largest absolute Gasteiger partial charge is 0.494 e. The monoisotopic (exact) mass is 820 g/mol. The maximum Gasteiger partial charge on any atom is 0.408 e. The summed E-state index contributed by atoms with van der Waals surface area (Å²) in [6, 6.07) is 2.84. The molecule has 1 saturated heterocycles. The highest BCUT2D eigenvalue weighted by Crippen LogP contribution is 2.46. The number of ether oxygens (including phenoxy) is 3. The molecule has 5 fully saturated rings. The van der Waals surface area contributed by atoms with Crippen molar-refractivity contribution in [2.45, 2.75) is 125 Å². The number of nitrogens with zero attached hydrogens (tertiary/aromatic N) is 3. The fourth-order valence-electron chi connectivity index (χ4n) is 9.40. The van der Waals surface area contributed by atoms with E-state index in [4.69, 9.17) is 19.2 Å². The van der Waals surface area contributed by atoms with Gasteiger partial charge in [0.25, 0.3) is 11.5 Å². The second-order valence-electron chi connectivity index (χ2n) is 16.7. The molecule has 17 heteroatoms. The van der Waals surface area contributed by atoms with Crippen molar-refractivity contribution in [2.24, 2.45) is 17.8 Å². The second kappa shape index (κ2) is 16.0. The molecule has 4 aliphatic carbocycles. The molecule has 1 aromatic heterocycles. The molecular formula is C41H52N6O10S. The minimum absolute atomic E-state index is 0.0221. The van der Waals surface area contributed by atoms with Crippen molar-refractivity contribution in [1.29, 1.82) is 0 Å². The van der Waals surface area contributed by atoms with E-state index in [1.807, 2.05) is 12.2 Å². The first-order valence-electron chi connectivity index (χ1n) is 20.6. The average Bonchev–Trinajstić information content (AvgIpc) is 3.99. The fraction of sp³-hybridized carbons (Fsp3) is 0.610. The minimum atomic E-state index is -3.93. The molecule has 4 amide bonds. The van der Waals surface area contributed by atoms with Gasteiger partial charge in [-0.3, -0.25) is 28.5 Å². The van der Waals surface area contributed by atoms with Gasteiger partial charge in [-0.05, 0) is 88.2 Å². The van der Waals surface area contributed by atoms with Crippen molar-refractivity contribution in [3.8, 4) is 11.8 Å². The number of aromatic nitrogens is 2. The number of carbonyl (C=O) groups excluding carboxylic acids is 4. The quantitative estimate of drug-likeness (QED) is 0.330. The number of para-hydroxylation sites is 1.